The van der Waals surface area contributed by atoms with E-state index in [-0.39, 0.29) is 22.0 Å². The summed E-state index contributed by atoms with van der Waals surface area (Å²) in [6, 6.07) is 24.3. The lowest BCUT2D eigenvalue weighted by atomic mass is 10.1. The zero-order chi connectivity index (χ0) is 24.3. The maximum absolute atomic E-state index is 12.8. The van der Waals surface area contributed by atoms with Crippen LogP contribution < -0.4 is 0 Å². The highest BCUT2D eigenvalue weighted by Crippen LogP contribution is 2.19. The van der Waals surface area contributed by atoms with Gasteiger partial charge in [0.2, 0.25) is 0 Å². The second kappa shape index (κ2) is 12.5. The van der Waals surface area contributed by atoms with E-state index >= 15 is 0 Å². The number of carbonyl (C=O) groups excluding carboxylic acids is 4. The second-order valence-electron chi connectivity index (χ2n) is 7.07. The van der Waals surface area contributed by atoms with Gasteiger partial charge < -0.3 is 14.2 Å². The van der Waals surface area contributed by atoms with Crippen molar-refractivity contribution in [1.29, 1.82) is 0 Å². The van der Waals surface area contributed by atoms with Gasteiger partial charge in [-0.15, -0.1) is 0 Å². The Hall–Kier alpha value is -3.78. The molecule has 3 aromatic carbocycles. The predicted octanol–water partition coefficient (Wildman–Crippen LogP) is 4.26. The van der Waals surface area contributed by atoms with E-state index in [2.05, 4.69) is 15.9 Å². The monoisotopic (exact) mass is 524 g/mol. The lowest BCUT2D eigenvalue weighted by molar-refractivity contribution is -0.127. The average molecular weight is 525 g/mol. The van der Waals surface area contributed by atoms with Crippen LogP contribution in [0.2, 0.25) is 0 Å². The van der Waals surface area contributed by atoms with E-state index in [1.807, 2.05) is 0 Å². The summed E-state index contributed by atoms with van der Waals surface area (Å²) < 4.78 is 16.5. The van der Waals surface area contributed by atoms with Gasteiger partial charge in [-0.25, -0.2) is 14.4 Å². The third kappa shape index (κ3) is 6.62. The van der Waals surface area contributed by atoms with Crippen LogP contribution in [0.4, 0.5) is 0 Å². The Bertz CT molecular complexity index is 1100. The zero-order valence-corrected chi connectivity index (χ0v) is 19.5. The van der Waals surface area contributed by atoms with E-state index in [0.29, 0.717) is 6.29 Å². The number of benzene rings is 3. The summed E-state index contributed by atoms with van der Waals surface area (Å²) in [6.07, 6.45) is -3.74. The molecule has 0 unspecified atom stereocenters. The highest BCUT2D eigenvalue weighted by molar-refractivity contribution is 9.09. The van der Waals surface area contributed by atoms with Crippen molar-refractivity contribution in [2.45, 2.75) is 18.3 Å². The fourth-order valence-corrected chi connectivity index (χ4v) is 3.53. The Labute approximate surface area is 204 Å². The predicted molar refractivity (Wildman–Crippen MR) is 127 cm³/mol. The zero-order valence-electron chi connectivity index (χ0n) is 17.9. The number of carbonyl (C=O) groups is 4. The first-order chi connectivity index (χ1) is 16.5. The molecule has 3 rings (SSSR count). The van der Waals surface area contributed by atoms with Gasteiger partial charge in [0.25, 0.3) is 0 Å². The van der Waals surface area contributed by atoms with Gasteiger partial charge in [0.05, 0.1) is 16.7 Å². The molecule has 0 aromatic heterocycles. The van der Waals surface area contributed by atoms with Gasteiger partial charge in [-0.3, -0.25) is 4.79 Å². The molecule has 0 amide bonds. The molecule has 174 valence electrons. The van der Waals surface area contributed by atoms with E-state index in [0.717, 1.165) is 0 Å². The van der Waals surface area contributed by atoms with E-state index in [1.165, 1.54) is 24.3 Å². The molecule has 0 aliphatic carbocycles. The van der Waals surface area contributed by atoms with Gasteiger partial charge in [-0.2, -0.15) is 0 Å². The molecule has 0 saturated heterocycles. The minimum atomic E-state index is -1.54. The third-order valence-electron chi connectivity index (χ3n) is 4.75. The maximum Gasteiger partial charge on any atom is 0.338 e. The van der Waals surface area contributed by atoms with Gasteiger partial charge >= 0.3 is 17.9 Å². The van der Waals surface area contributed by atoms with Crippen LogP contribution in [0.1, 0.15) is 31.1 Å². The van der Waals surface area contributed by atoms with Gasteiger partial charge in [-0.1, -0.05) is 70.5 Å². The molecule has 0 aliphatic heterocycles. The quantitative estimate of drug-likeness (QED) is 0.169. The summed E-state index contributed by atoms with van der Waals surface area (Å²) in [6.45, 7) is 0. The van der Waals surface area contributed by atoms with Crippen LogP contribution in [-0.4, -0.2) is 47.8 Å². The first-order valence-electron chi connectivity index (χ1n) is 10.3. The summed E-state index contributed by atoms with van der Waals surface area (Å²) in [4.78, 5) is 50.0. The van der Waals surface area contributed by atoms with Crippen LogP contribution >= 0.6 is 15.9 Å². The Balaban J connectivity index is 1.87. The van der Waals surface area contributed by atoms with Crippen molar-refractivity contribution >= 4 is 40.1 Å². The second-order valence-corrected chi connectivity index (χ2v) is 7.72. The van der Waals surface area contributed by atoms with Gasteiger partial charge in [0.15, 0.2) is 24.6 Å². The number of ether oxygens (including phenoxy) is 3. The number of hydrogen-bond acceptors (Lipinski definition) is 7. The van der Waals surface area contributed by atoms with Crippen molar-refractivity contribution in [2.75, 3.05) is 5.33 Å². The summed E-state index contributed by atoms with van der Waals surface area (Å²) in [5.41, 5.74) is 0.693. The highest BCUT2D eigenvalue weighted by atomic mass is 79.9. The van der Waals surface area contributed by atoms with E-state index in [1.54, 1.807) is 66.7 Å². The first-order valence-corrected chi connectivity index (χ1v) is 11.4. The molecule has 0 bridgehead atoms. The van der Waals surface area contributed by atoms with Crippen molar-refractivity contribution < 1.29 is 33.4 Å². The fraction of sp³-hybridized carbons (Fsp3) is 0.154. The molecule has 0 spiro atoms. The SMILES string of the molecule is O=C[C@@H](OC(=O)c1ccccc1)[C@H](OC(=O)c1ccccc1)[C@@H](CBr)OC(=O)c1ccccc1. The van der Waals surface area contributed by atoms with E-state index < -0.39 is 36.2 Å². The Morgan fingerprint density at radius 2 is 1.03 bits per heavy atom. The lowest BCUT2D eigenvalue weighted by Crippen LogP contribution is -2.47. The molecule has 0 N–H and O–H groups in total. The third-order valence-corrected chi connectivity index (χ3v) is 5.39. The Morgan fingerprint density at radius 3 is 1.41 bits per heavy atom. The lowest BCUT2D eigenvalue weighted by Gasteiger charge is -2.29. The van der Waals surface area contributed by atoms with Crippen LogP contribution in [0, 0.1) is 0 Å². The van der Waals surface area contributed by atoms with Crippen LogP contribution in [0.25, 0.3) is 0 Å². The molecule has 8 heteroatoms. The number of aldehydes is 1. The number of alkyl halides is 1. The largest absolute Gasteiger partial charge is 0.454 e. The topological polar surface area (TPSA) is 96.0 Å². The van der Waals surface area contributed by atoms with Crippen LogP contribution in [-0.2, 0) is 19.0 Å². The molecule has 0 heterocycles. The highest BCUT2D eigenvalue weighted by Gasteiger charge is 2.38. The van der Waals surface area contributed by atoms with Gasteiger partial charge in [0.1, 0.15) is 0 Å². The minimum Gasteiger partial charge on any atom is -0.454 e. The molecule has 34 heavy (non-hydrogen) atoms. The fourth-order valence-electron chi connectivity index (χ4n) is 3.02. The van der Waals surface area contributed by atoms with Crippen molar-refractivity contribution in [2.24, 2.45) is 0 Å². The van der Waals surface area contributed by atoms with Crippen molar-refractivity contribution in [3.8, 4) is 0 Å². The molecular formula is C26H21BrO7. The summed E-state index contributed by atoms with van der Waals surface area (Å²) >= 11 is 3.25. The van der Waals surface area contributed by atoms with Crippen LogP contribution in [0.3, 0.4) is 0 Å². The molecule has 0 radical (unpaired) electrons. The van der Waals surface area contributed by atoms with Crippen LogP contribution in [0.5, 0.6) is 0 Å². The standard InChI is InChI=1S/C26H21BrO7/c27-16-21(32-24(29)18-10-4-1-5-11-18)23(34-26(31)20-14-8-3-9-15-20)22(17-28)33-25(30)19-12-6-2-7-13-19/h1-15,17,21-23H,16H2/t21-,22-,23-/m1/s1. The maximum atomic E-state index is 12.8. The molecule has 0 aliphatic rings. The first kappa shape index (κ1) is 24.9. The molecule has 3 aromatic rings. The summed E-state index contributed by atoms with van der Waals surface area (Å²) in [5, 5.41) is 0.00549. The Morgan fingerprint density at radius 1 is 0.647 bits per heavy atom. The molecule has 0 saturated carbocycles. The Kier molecular flexibility index (Phi) is 9.11. The van der Waals surface area contributed by atoms with Gasteiger partial charge in [-0.05, 0) is 36.4 Å². The normalized spacial score (nSPS) is 13.1. The average Bonchev–Trinajstić information content (AvgIpc) is 2.90. The summed E-state index contributed by atoms with van der Waals surface area (Å²) in [5.74, 6) is -2.25. The van der Waals surface area contributed by atoms with Crippen molar-refractivity contribution in [3.63, 3.8) is 0 Å². The minimum absolute atomic E-state index is 0.00549. The van der Waals surface area contributed by atoms with Crippen LogP contribution in [0.15, 0.2) is 91.0 Å². The molecule has 3 atom stereocenters. The van der Waals surface area contributed by atoms with Gasteiger partial charge in [0, 0.05) is 5.33 Å². The number of hydrogen-bond donors (Lipinski definition) is 0. The number of halogens is 1. The van der Waals surface area contributed by atoms with Crippen molar-refractivity contribution in [1.82, 2.24) is 0 Å². The molecular weight excluding hydrogens is 504 g/mol. The smallest absolute Gasteiger partial charge is 0.338 e. The van der Waals surface area contributed by atoms with E-state index in [4.69, 9.17) is 14.2 Å². The summed E-state index contributed by atoms with van der Waals surface area (Å²) in [7, 11) is 0. The molecule has 0 fully saturated rings. The number of rotatable bonds is 10. The molecule has 7 nitrogen and oxygen atoms in total. The van der Waals surface area contributed by atoms with E-state index in [9.17, 15) is 19.2 Å². The van der Waals surface area contributed by atoms with Crippen molar-refractivity contribution in [3.05, 3.63) is 108 Å². The number of esters is 3.